The zero-order chi connectivity index (χ0) is 15.4. The SMILES string of the molecule is CC(=O)Nc1nc(CN2CCO[C@@H](Cn3cccn3)C2)cs1. The molecule has 0 aliphatic carbocycles. The average Bonchev–Trinajstić information content (AvgIpc) is 3.11. The van der Waals surface area contributed by atoms with E-state index >= 15 is 0 Å². The van der Waals surface area contributed by atoms with Crippen LogP contribution in [0.25, 0.3) is 0 Å². The van der Waals surface area contributed by atoms with Gasteiger partial charge in [0.1, 0.15) is 0 Å². The van der Waals surface area contributed by atoms with Gasteiger partial charge in [-0.15, -0.1) is 11.3 Å². The van der Waals surface area contributed by atoms with Crippen LogP contribution in [0.15, 0.2) is 23.8 Å². The third-order valence-electron chi connectivity index (χ3n) is 3.39. The largest absolute Gasteiger partial charge is 0.374 e. The van der Waals surface area contributed by atoms with Gasteiger partial charge in [0.25, 0.3) is 0 Å². The molecule has 1 N–H and O–H groups in total. The molecule has 0 unspecified atom stereocenters. The zero-order valence-electron chi connectivity index (χ0n) is 12.4. The van der Waals surface area contributed by atoms with Gasteiger partial charge in [0.15, 0.2) is 5.13 Å². The number of rotatable bonds is 5. The summed E-state index contributed by atoms with van der Waals surface area (Å²) in [7, 11) is 0. The fraction of sp³-hybridized carbons (Fsp3) is 0.500. The van der Waals surface area contributed by atoms with Crippen molar-refractivity contribution >= 4 is 22.4 Å². The van der Waals surface area contributed by atoms with Crippen LogP contribution >= 0.6 is 11.3 Å². The quantitative estimate of drug-likeness (QED) is 0.896. The molecule has 2 aromatic heterocycles. The molecule has 2 aromatic rings. The highest BCUT2D eigenvalue weighted by Gasteiger charge is 2.21. The smallest absolute Gasteiger partial charge is 0.223 e. The van der Waals surface area contributed by atoms with Gasteiger partial charge in [0.05, 0.1) is 24.9 Å². The van der Waals surface area contributed by atoms with E-state index in [4.69, 9.17) is 4.74 Å². The number of ether oxygens (including phenoxy) is 1. The van der Waals surface area contributed by atoms with Gasteiger partial charge in [0, 0.05) is 44.3 Å². The van der Waals surface area contributed by atoms with Crippen LogP contribution in [0.3, 0.4) is 0 Å². The van der Waals surface area contributed by atoms with Gasteiger partial charge in [-0.3, -0.25) is 14.4 Å². The van der Waals surface area contributed by atoms with E-state index in [0.29, 0.717) is 11.7 Å². The van der Waals surface area contributed by atoms with Gasteiger partial charge in [-0.1, -0.05) is 0 Å². The summed E-state index contributed by atoms with van der Waals surface area (Å²) in [4.78, 5) is 17.8. The molecule has 0 spiro atoms. The predicted octanol–water partition coefficient (Wildman–Crippen LogP) is 1.20. The molecule has 3 heterocycles. The number of hydrogen-bond donors (Lipinski definition) is 1. The fourth-order valence-electron chi connectivity index (χ4n) is 2.47. The van der Waals surface area contributed by atoms with Crippen LogP contribution in [0, 0.1) is 0 Å². The van der Waals surface area contributed by atoms with Crippen molar-refractivity contribution in [2.45, 2.75) is 26.1 Å². The Bertz CT molecular complexity index is 613. The van der Waals surface area contributed by atoms with E-state index in [9.17, 15) is 4.79 Å². The first kappa shape index (κ1) is 15.1. The fourth-order valence-corrected chi connectivity index (χ4v) is 3.22. The molecule has 7 nitrogen and oxygen atoms in total. The molecule has 0 saturated carbocycles. The summed E-state index contributed by atoms with van der Waals surface area (Å²) in [5.41, 5.74) is 0.980. The van der Waals surface area contributed by atoms with Crippen molar-refractivity contribution in [3.63, 3.8) is 0 Å². The molecule has 0 radical (unpaired) electrons. The molecule has 1 atom stereocenters. The highest BCUT2D eigenvalue weighted by Crippen LogP contribution is 2.18. The van der Waals surface area contributed by atoms with E-state index in [-0.39, 0.29) is 12.0 Å². The molecular formula is C14H19N5O2S. The van der Waals surface area contributed by atoms with Crippen LogP contribution in [0.2, 0.25) is 0 Å². The van der Waals surface area contributed by atoms with E-state index in [2.05, 4.69) is 20.3 Å². The lowest BCUT2D eigenvalue weighted by atomic mass is 10.2. The Labute approximate surface area is 132 Å². The first-order valence-electron chi connectivity index (χ1n) is 7.22. The molecule has 1 saturated heterocycles. The number of anilines is 1. The van der Waals surface area contributed by atoms with E-state index in [1.165, 1.54) is 18.3 Å². The highest BCUT2D eigenvalue weighted by molar-refractivity contribution is 7.13. The predicted molar refractivity (Wildman–Crippen MR) is 83.7 cm³/mol. The van der Waals surface area contributed by atoms with E-state index < -0.39 is 0 Å². The molecule has 0 bridgehead atoms. The number of nitrogens with one attached hydrogen (secondary N) is 1. The summed E-state index contributed by atoms with van der Waals surface area (Å²) in [6.45, 7) is 5.49. The number of morpholine rings is 1. The standard InChI is InChI=1S/C14H19N5O2S/c1-11(20)16-14-17-12(10-22-14)7-18-5-6-21-13(8-18)9-19-4-2-3-15-19/h2-4,10,13H,5-9H2,1H3,(H,16,17,20)/t13-/m1/s1. The average molecular weight is 321 g/mol. The number of nitrogens with zero attached hydrogens (tertiary/aromatic N) is 4. The zero-order valence-corrected chi connectivity index (χ0v) is 13.3. The Kier molecular flexibility index (Phi) is 4.81. The maximum Gasteiger partial charge on any atom is 0.223 e. The lowest BCUT2D eigenvalue weighted by molar-refractivity contribution is -0.114. The number of carbonyl (C=O) groups is 1. The van der Waals surface area contributed by atoms with E-state index in [1.54, 1.807) is 6.20 Å². The van der Waals surface area contributed by atoms with Gasteiger partial charge in [0.2, 0.25) is 5.91 Å². The topological polar surface area (TPSA) is 72.3 Å². The Morgan fingerprint density at radius 2 is 2.50 bits per heavy atom. The second-order valence-corrected chi connectivity index (χ2v) is 6.14. The van der Waals surface area contributed by atoms with Crippen LogP contribution in [0.4, 0.5) is 5.13 Å². The summed E-state index contributed by atoms with van der Waals surface area (Å²) in [6, 6.07) is 1.92. The molecule has 1 aliphatic rings. The number of hydrogen-bond acceptors (Lipinski definition) is 6. The van der Waals surface area contributed by atoms with Gasteiger partial charge >= 0.3 is 0 Å². The van der Waals surface area contributed by atoms with Crippen molar-refractivity contribution in [2.24, 2.45) is 0 Å². The maximum atomic E-state index is 11.0. The van der Waals surface area contributed by atoms with Crippen LogP contribution < -0.4 is 5.32 Å². The lowest BCUT2D eigenvalue weighted by Crippen LogP contribution is -2.43. The van der Waals surface area contributed by atoms with Gasteiger partial charge < -0.3 is 10.1 Å². The first-order valence-corrected chi connectivity index (χ1v) is 8.10. The normalized spacial score (nSPS) is 19.2. The Hall–Kier alpha value is -1.77. The molecule has 1 amide bonds. The van der Waals surface area contributed by atoms with Crippen molar-refractivity contribution < 1.29 is 9.53 Å². The summed E-state index contributed by atoms with van der Waals surface area (Å²) >= 11 is 1.46. The number of carbonyl (C=O) groups excluding carboxylic acids is 1. The van der Waals surface area contributed by atoms with Crippen LogP contribution in [0.1, 0.15) is 12.6 Å². The van der Waals surface area contributed by atoms with E-state index in [0.717, 1.165) is 31.9 Å². The Morgan fingerprint density at radius 3 is 3.27 bits per heavy atom. The Balaban J connectivity index is 1.53. The van der Waals surface area contributed by atoms with Crippen molar-refractivity contribution in [2.75, 3.05) is 25.0 Å². The second kappa shape index (κ2) is 6.99. The van der Waals surface area contributed by atoms with E-state index in [1.807, 2.05) is 22.3 Å². The molecule has 1 aliphatic heterocycles. The highest BCUT2D eigenvalue weighted by atomic mass is 32.1. The lowest BCUT2D eigenvalue weighted by Gasteiger charge is -2.32. The van der Waals surface area contributed by atoms with Crippen LogP contribution in [-0.4, -0.2) is 51.4 Å². The first-order chi connectivity index (χ1) is 10.7. The summed E-state index contributed by atoms with van der Waals surface area (Å²) < 4.78 is 7.69. The number of amides is 1. The Morgan fingerprint density at radius 1 is 1.59 bits per heavy atom. The molecule has 118 valence electrons. The molecule has 0 aromatic carbocycles. The monoisotopic (exact) mass is 321 g/mol. The molecule has 3 rings (SSSR count). The minimum Gasteiger partial charge on any atom is -0.374 e. The molecule has 8 heteroatoms. The third kappa shape index (κ3) is 4.12. The van der Waals surface area contributed by atoms with Crippen molar-refractivity contribution in [1.29, 1.82) is 0 Å². The summed E-state index contributed by atoms with van der Waals surface area (Å²) in [5.74, 6) is -0.0911. The molecule has 1 fully saturated rings. The minimum atomic E-state index is -0.0911. The molecular weight excluding hydrogens is 302 g/mol. The van der Waals surface area contributed by atoms with Crippen LogP contribution in [0.5, 0.6) is 0 Å². The second-order valence-electron chi connectivity index (χ2n) is 5.28. The number of aromatic nitrogens is 3. The third-order valence-corrected chi connectivity index (χ3v) is 4.20. The number of thiazole rings is 1. The van der Waals surface area contributed by atoms with Crippen molar-refractivity contribution in [3.05, 3.63) is 29.5 Å². The maximum absolute atomic E-state index is 11.0. The van der Waals surface area contributed by atoms with Crippen molar-refractivity contribution in [3.8, 4) is 0 Å². The summed E-state index contributed by atoms with van der Waals surface area (Å²) in [5, 5.41) is 9.58. The van der Waals surface area contributed by atoms with Crippen molar-refractivity contribution in [1.82, 2.24) is 19.7 Å². The summed E-state index contributed by atoms with van der Waals surface area (Å²) in [6.07, 6.45) is 3.86. The van der Waals surface area contributed by atoms with Crippen LogP contribution in [-0.2, 0) is 22.6 Å². The minimum absolute atomic E-state index is 0.0911. The van der Waals surface area contributed by atoms with Gasteiger partial charge in [-0.25, -0.2) is 4.98 Å². The van der Waals surface area contributed by atoms with Gasteiger partial charge in [-0.05, 0) is 6.07 Å². The molecule has 22 heavy (non-hydrogen) atoms. The van der Waals surface area contributed by atoms with Gasteiger partial charge in [-0.2, -0.15) is 5.10 Å².